The number of anilines is 1. The first-order valence-electron chi connectivity index (χ1n) is 10.6. The summed E-state index contributed by atoms with van der Waals surface area (Å²) in [4.78, 5) is 26.5. The Kier molecular flexibility index (Phi) is 6.45. The normalized spacial score (nSPS) is 16.3. The lowest BCUT2D eigenvalue weighted by atomic mass is 10.1. The fourth-order valence-corrected chi connectivity index (χ4v) is 6.89. The van der Waals surface area contributed by atoms with Crippen LogP contribution in [0.3, 0.4) is 0 Å². The average molecular weight is 463 g/mol. The summed E-state index contributed by atoms with van der Waals surface area (Å²) in [5.74, 6) is -0.526. The molecule has 9 heteroatoms. The number of fused-ring (bicyclic) bond motifs is 1. The number of rotatable bonds is 8. The predicted molar refractivity (Wildman–Crippen MR) is 120 cm³/mol. The summed E-state index contributed by atoms with van der Waals surface area (Å²) in [5, 5.41) is 3.78. The van der Waals surface area contributed by atoms with Gasteiger partial charge in [-0.3, -0.25) is 4.79 Å². The van der Waals surface area contributed by atoms with Crippen molar-refractivity contribution in [1.82, 2.24) is 4.31 Å². The van der Waals surface area contributed by atoms with Crippen molar-refractivity contribution in [2.24, 2.45) is 0 Å². The Bertz CT molecular complexity index is 1080. The highest BCUT2D eigenvalue weighted by atomic mass is 32.2. The quantitative estimate of drug-likeness (QED) is 0.477. The lowest BCUT2D eigenvalue weighted by Gasteiger charge is -2.15. The second-order valence-corrected chi connectivity index (χ2v) is 10.7. The lowest BCUT2D eigenvalue weighted by molar-refractivity contribution is 0.0526. The molecule has 7 nitrogen and oxygen atoms in total. The van der Waals surface area contributed by atoms with Gasteiger partial charge in [0.25, 0.3) is 0 Å². The largest absolute Gasteiger partial charge is 0.462 e. The first kappa shape index (κ1) is 22.0. The van der Waals surface area contributed by atoms with E-state index in [1.807, 2.05) is 0 Å². The van der Waals surface area contributed by atoms with E-state index in [-0.39, 0.29) is 23.2 Å². The molecule has 0 atom stereocenters. The molecule has 0 spiro atoms. The van der Waals surface area contributed by atoms with Crippen molar-refractivity contribution in [2.75, 3.05) is 31.6 Å². The number of Topliss-reactive ketones (excluding diaryl/α,β-unsaturated/α-hetero) is 1. The Balaban J connectivity index is 1.46. The third-order valence-corrected chi connectivity index (χ3v) is 8.85. The zero-order valence-corrected chi connectivity index (χ0v) is 19.1. The number of aryl methyl sites for hydroxylation is 1. The molecule has 0 radical (unpaired) electrons. The molecule has 0 amide bonds. The first-order valence-corrected chi connectivity index (χ1v) is 12.9. The van der Waals surface area contributed by atoms with Crippen LogP contribution in [0, 0.1) is 0 Å². The van der Waals surface area contributed by atoms with Crippen LogP contribution in [0.25, 0.3) is 0 Å². The summed E-state index contributed by atoms with van der Waals surface area (Å²) in [6.07, 6.45) is 4.57. The molecule has 2 aromatic rings. The smallest absolute Gasteiger partial charge is 0.341 e. The number of carbonyl (C=O) groups is 2. The van der Waals surface area contributed by atoms with E-state index in [9.17, 15) is 18.0 Å². The molecule has 31 heavy (non-hydrogen) atoms. The average Bonchev–Trinajstić information content (AvgIpc) is 3.49. The number of thiophene rings is 1. The van der Waals surface area contributed by atoms with Gasteiger partial charge in [-0.15, -0.1) is 11.3 Å². The Hall–Kier alpha value is -2.23. The SMILES string of the molecule is CCOC(=O)c1c(NCC(=O)c2ccc(S(=O)(=O)N3CCCC3)cc2)sc2c1CCC2. The highest BCUT2D eigenvalue weighted by molar-refractivity contribution is 7.89. The van der Waals surface area contributed by atoms with Crippen LogP contribution in [-0.2, 0) is 27.6 Å². The molecule has 166 valence electrons. The summed E-state index contributed by atoms with van der Waals surface area (Å²) in [7, 11) is -3.50. The van der Waals surface area contributed by atoms with Gasteiger partial charge < -0.3 is 10.1 Å². The van der Waals surface area contributed by atoms with E-state index in [1.165, 1.54) is 32.7 Å². The monoisotopic (exact) mass is 462 g/mol. The van der Waals surface area contributed by atoms with E-state index in [4.69, 9.17) is 4.74 Å². The summed E-state index contributed by atoms with van der Waals surface area (Å²) in [5.41, 5.74) is 2.02. The second-order valence-electron chi connectivity index (χ2n) is 7.69. The third-order valence-electron chi connectivity index (χ3n) is 5.69. The zero-order valence-electron chi connectivity index (χ0n) is 17.5. The molecule has 0 saturated carbocycles. The van der Waals surface area contributed by atoms with Gasteiger partial charge in [-0.2, -0.15) is 4.31 Å². The number of hydrogen-bond donors (Lipinski definition) is 1. The van der Waals surface area contributed by atoms with E-state index >= 15 is 0 Å². The number of hydrogen-bond acceptors (Lipinski definition) is 7. The van der Waals surface area contributed by atoms with Crippen LogP contribution in [0.1, 0.15) is 57.3 Å². The van der Waals surface area contributed by atoms with E-state index in [0.717, 1.165) is 37.7 Å². The minimum Gasteiger partial charge on any atom is -0.462 e. The maximum atomic E-state index is 12.7. The minimum absolute atomic E-state index is 0.0179. The summed E-state index contributed by atoms with van der Waals surface area (Å²) >= 11 is 1.51. The Morgan fingerprint density at radius 3 is 2.48 bits per heavy atom. The van der Waals surface area contributed by atoms with Crippen LogP contribution in [0.15, 0.2) is 29.2 Å². The molecule has 0 unspecified atom stereocenters. The highest BCUT2D eigenvalue weighted by Crippen LogP contribution is 2.39. The molecule has 4 rings (SSSR count). The maximum Gasteiger partial charge on any atom is 0.341 e. The van der Waals surface area contributed by atoms with Crippen LogP contribution < -0.4 is 5.32 Å². The number of ether oxygens (including phenoxy) is 1. The van der Waals surface area contributed by atoms with E-state index in [1.54, 1.807) is 19.1 Å². The molecular formula is C22H26N2O5S2. The lowest BCUT2D eigenvalue weighted by Crippen LogP contribution is -2.27. The minimum atomic E-state index is -3.50. The van der Waals surface area contributed by atoms with Crippen LogP contribution >= 0.6 is 11.3 Å². The van der Waals surface area contributed by atoms with Gasteiger partial charge in [-0.05, 0) is 68.9 Å². The summed E-state index contributed by atoms with van der Waals surface area (Å²) < 4.78 is 32.0. The maximum absolute atomic E-state index is 12.7. The number of sulfonamides is 1. The van der Waals surface area contributed by atoms with Crippen molar-refractivity contribution in [3.05, 3.63) is 45.8 Å². The molecule has 1 aromatic carbocycles. The predicted octanol–water partition coefficient (Wildman–Crippen LogP) is 3.49. The van der Waals surface area contributed by atoms with Gasteiger partial charge >= 0.3 is 5.97 Å². The fraction of sp³-hybridized carbons (Fsp3) is 0.455. The van der Waals surface area contributed by atoms with Crippen molar-refractivity contribution < 1.29 is 22.7 Å². The summed E-state index contributed by atoms with van der Waals surface area (Å²) in [6.45, 7) is 3.17. The third kappa shape index (κ3) is 4.40. The van der Waals surface area contributed by atoms with Gasteiger partial charge in [-0.25, -0.2) is 13.2 Å². The van der Waals surface area contributed by atoms with Crippen molar-refractivity contribution in [1.29, 1.82) is 0 Å². The standard InChI is InChI=1S/C22H26N2O5S2/c1-2-29-22(26)20-17-6-5-7-19(17)30-21(20)23-14-18(25)15-8-10-16(11-9-15)31(27,28)24-12-3-4-13-24/h8-11,23H,2-7,12-14H2,1H3. The molecule has 1 aliphatic carbocycles. The van der Waals surface area contributed by atoms with Crippen molar-refractivity contribution in [3.63, 3.8) is 0 Å². The van der Waals surface area contributed by atoms with Gasteiger partial charge in [0.15, 0.2) is 5.78 Å². The van der Waals surface area contributed by atoms with Gasteiger partial charge in [0.05, 0.1) is 23.6 Å². The van der Waals surface area contributed by atoms with E-state index in [0.29, 0.717) is 35.8 Å². The van der Waals surface area contributed by atoms with Gasteiger partial charge in [0.2, 0.25) is 10.0 Å². The topological polar surface area (TPSA) is 92.8 Å². The Labute approximate surface area is 186 Å². The number of esters is 1. The molecule has 1 aliphatic heterocycles. The molecule has 1 fully saturated rings. The van der Waals surface area contributed by atoms with E-state index < -0.39 is 10.0 Å². The molecule has 2 aliphatic rings. The number of ketones is 1. The first-order chi connectivity index (χ1) is 14.9. The van der Waals surface area contributed by atoms with Crippen molar-refractivity contribution in [2.45, 2.75) is 43.9 Å². The van der Waals surface area contributed by atoms with E-state index in [2.05, 4.69) is 5.32 Å². The molecule has 1 aromatic heterocycles. The Morgan fingerprint density at radius 1 is 1.10 bits per heavy atom. The van der Waals surface area contributed by atoms with Crippen LogP contribution in [0.4, 0.5) is 5.00 Å². The zero-order chi connectivity index (χ0) is 22.0. The second kappa shape index (κ2) is 9.10. The van der Waals surface area contributed by atoms with Crippen molar-refractivity contribution in [3.8, 4) is 0 Å². The highest BCUT2D eigenvalue weighted by Gasteiger charge is 2.29. The fourth-order valence-electron chi connectivity index (χ4n) is 4.10. The number of nitrogens with one attached hydrogen (secondary N) is 1. The van der Waals surface area contributed by atoms with Gasteiger partial charge in [0.1, 0.15) is 5.00 Å². The van der Waals surface area contributed by atoms with Crippen LogP contribution in [-0.4, -0.2) is 50.7 Å². The number of carbonyl (C=O) groups excluding carboxylic acids is 2. The van der Waals surface area contributed by atoms with Gasteiger partial charge in [-0.1, -0.05) is 0 Å². The summed E-state index contributed by atoms with van der Waals surface area (Å²) in [6, 6.07) is 6.08. The van der Waals surface area contributed by atoms with Crippen molar-refractivity contribution >= 4 is 38.1 Å². The number of nitrogens with zero attached hydrogens (tertiary/aromatic N) is 1. The van der Waals surface area contributed by atoms with Gasteiger partial charge in [0, 0.05) is 23.5 Å². The van der Waals surface area contributed by atoms with Crippen LogP contribution in [0.2, 0.25) is 0 Å². The molecule has 0 bridgehead atoms. The molecular weight excluding hydrogens is 436 g/mol. The molecule has 2 heterocycles. The molecule has 1 saturated heterocycles. The molecule has 1 N–H and O–H groups in total. The number of benzene rings is 1. The van der Waals surface area contributed by atoms with Crippen LogP contribution in [0.5, 0.6) is 0 Å². The Morgan fingerprint density at radius 2 is 1.81 bits per heavy atom.